The van der Waals surface area contributed by atoms with E-state index in [1.165, 1.54) is 18.0 Å². The van der Waals surface area contributed by atoms with Crippen molar-refractivity contribution in [1.82, 2.24) is 9.97 Å². The molecule has 0 aliphatic carbocycles. The number of hydrogen-bond acceptors (Lipinski definition) is 6. The number of nitrogens with zero attached hydrogens (tertiary/aromatic N) is 2. The lowest BCUT2D eigenvalue weighted by Gasteiger charge is -2.07. The van der Waals surface area contributed by atoms with Crippen LogP contribution in [0.1, 0.15) is 29.9 Å². The molecule has 0 fully saturated rings. The van der Waals surface area contributed by atoms with E-state index in [-0.39, 0.29) is 0 Å². The van der Waals surface area contributed by atoms with E-state index in [0.717, 1.165) is 0 Å². The number of carbonyl (C=O) groups is 2. The van der Waals surface area contributed by atoms with Crippen molar-refractivity contribution in [1.29, 1.82) is 0 Å². The fourth-order valence-electron chi connectivity index (χ4n) is 1.20. The average molecular weight is 284 g/mol. The van der Waals surface area contributed by atoms with Gasteiger partial charge in [-0.3, -0.25) is 4.79 Å². The van der Waals surface area contributed by atoms with Gasteiger partial charge in [-0.2, -0.15) is 0 Å². The van der Waals surface area contributed by atoms with Crippen molar-refractivity contribution < 1.29 is 19.4 Å². The lowest BCUT2D eigenvalue weighted by atomic mass is 10.2. The predicted molar refractivity (Wildman–Crippen MR) is 70.2 cm³/mol. The molecule has 1 N–H and O–H groups in total. The van der Waals surface area contributed by atoms with Crippen molar-refractivity contribution in [2.45, 2.75) is 25.9 Å². The Morgan fingerprint density at radius 2 is 2.21 bits per heavy atom. The van der Waals surface area contributed by atoms with Gasteiger partial charge in [0.15, 0.2) is 5.16 Å². The van der Waals surface area contributed by atoms with Crippen LogP contribution >= 0.6 is 11.8 Å². The summed E-state index contributed by atoms with van der Waals surface area (Å²) in [6.07, 6.45) is 1.41. The van der Waals surface area contributed by atoms with Gasteiger partial charge in [0.25, 0.3) is 0 Å². The molecule has 1 heterocycles. The third-order valence-electron chi connectivity index (χ3n) is 2.34. The quantitative estimate of drug-likeness (QED) is 0.483. The smallest absolute Gasteiger partial charge is 0.341 e. The Kier molecular flexibility index (Phi) is 5.75. The van der Waals surface area contributed by atoms with E-state index in [2.05, 4.69) is 9.97 Å². The third-order valence-corrected chi connectivity index (χ3v) is 3.46. The molecule has 0 radical (unpaired) electrons. The zero-order valence-corrected chi connectivity index (χ0v) is 11.9. The molecular weight excluding hydrogens is 268 g/mol. The molecule has 6 nitrogen and oxygen atoms in total. The number of ether oxygens (including phenoxy) is 1. The summed E-state index contributed by atoms with van der Waals surface area (Å²) in [5.74, 6) is -1.39. The van der Waals surface area contributed by atoms with Gasteiger partial charge >= 0.3 is 11.9 Å². The maximum absolute atomic E-state index is 11.5. The molecular formula is C12H16N2O4S. The van der Waals surface area contributed by atoms with E-state index in [1.807, 2.05) is 0 Å². The lowest BCUT2D eigenvalue weighted by Crippen LogP contribution is -2.13. The first-order valence-corrected chi connectivity index (χ1v) is 6.80. The summed E-state index contributed by atoms with van der Waals surface area (Å²) < 4.78 is 4.87. The van der Waals surface area contributed by atoms with Crippen LogP contribution < -0.4 is 0 Å². The first kappa shape index (κ1) is 15.4. The van der Waals surface area contributed by atoms with Crippen molar-refractivity contribution in [3.05, 3.63) is 17.5 Å². The number of rotatable bonds is 6. The van der Waals surface area contributed by atoms with E-state index in [4.69, 9.17) is 9.84 Å². The first-order chi connectivity index (χ1) is 8.95. The van der Waals surface area contributed by atoms with Crippen molar-refractivity contribution >= 4 is 23.7 Å². The minimum absolute atomic E-state index is 0.297. The normalized spacial score (nSPS) is 11.9. The largest absolute Gasteiger partial charge is 0.481 e. The fourth-order valence-corrected chi connectivity index (χ4v) is 2.07. The van der Waals surface area contributed by atoms with E-state index in [9.17, 15) is 9.59 Å². The van der Waals surface area contributed by atoms with E-state index < -0.39 is 17.9 Å². The van der Waals surface area contributed by atoms with Gasteiger partial charge in [-0.25, -0.2) is 14.8 Å². The zero-order chi connectivity index (χ0) is 14.4. The summed E-state index contributed by atoms with van der Waals surface area (Å²) in [5, 5.41) is 9.23. The van der Waals surface area contributed by atoms with Crippen LogP contribution in [-0.2, 0) is 9.53 Å². The minimum Gasteiger partial charge on any atom is -0.481 e. The highest BCUT2D eigenvalue weighted by Gasteiger charge is 2.15. The summed E-state index contributed by atoms with van der Waals surface area (Å²) in [4.78, 5) is 30.4. The second-order valence-electron chi connectivity index (χ2n) is 3.92. The molecule has 19 heavy (non-hydrogen) atoms. The molecule has 0 aromatic carbocycles. The Morgan fingerprint density at radius 1 is 1.53 bits per heavy atom. The second-order valence-corrected chi connectivity index (χ2v) is 4.91. The van der Waals surface area contributed by atoms with Gasteiger partial charge in [-0.15, -0.1) is 0 Å². The van der Waals surface area contributed by atoms with Crippen LogP contribution in [0.2, 0.25) is 0 Å². The fraction of sp³-hybridized carbons (Fsp3) is 0.500. The summed E-state index contributed by atoms with van der Waals surface area (Å²) in [6.45, 7) is 5.34. The number of thioether (sulfide) groups is 1. The Balaban J connectivity index is 2.71. The van der Waals surface area contributed by atoms with E-state index in [1.54, 1.807) is 20.8 Å². The van der Waals surface area contributed by atoms with Crippen LogP contribution in [0, 0.1) is 12.8 Å². The molecule has 0 aliphatic rings. The highest BCUT2D eigenvalue weighted by Crippen LogP contribution is 2.18. The maximum atomic E-state index is 11.5. The molecule has 1 aromatic heterocycles. The number of aromatic nitrogens is 2. The molecule has 0 amide bonds. The number of carbonyl (C=O) groups excluding carboxylic acids is 1. The van der Waals surface area contributed by atoms with Crippen molar-refractivity contribution in [2.75, 3.05) is 12.4 Å². The minimum atomic E-state index is -0.854. The van der Waals surface area contributed by atoms with Crippen molar-refractivity contribution in [3.63, 3.8) is 0 Å². The molecule has 7 heteroatoms. The van der Waals surface area contributed by atoms with Crippen LogP contribution in [-0.4, -0.2) is 39.4 Å². The Morgan fingerprint density at radius 3 is 2.74 bits per heavy atom. The van der Waals surface area contributed by atoms with Gasteiger partial charge in [0.1, 0.15) is 0 Å². The summed E-state index contributed by atoms with van der Waals surface area (Å²) >= 11 is 1.25. The van der Waals surface area contributed by atoms with Crippen molar-refractivity contribution in [2.24, 2.45) is 5.92 Å². The standard InChI is InChI=1S/C12H16N2O4S/c1-4-18-11(17)9-5-13-12(14-8(9)3)19-6-7(2)10(15)16/h5,7H,4,6H2,1-3H3,(H,15,16). The molecule has 1 atom stereocenters. The molecule has 1 unspecified atom stereocenters. The van der Waals surface area contributed by atoms with Gasteiger partial charge < -0.3 is 9.84 Å². The molecule has 0 aliphatic heterocycles. The number of aryl methyl sites for hydroxylation is 1. The van der Waals surface area contributed by atoms with Gasteiger partial charge in [0.05, 0.1) is 23.8 Å². The van der Waals surface area contributed by atoms with Crippen molar-refractivity contribution in [3.8, 4) is 0 Å². The Hall–Kier alpha value is -1.63. The molecule has 0 spiro atoms. The highest BCUT2D eigenvalue weighted by molar-refractivity contribution is 7.99. The number of carboxylic acids is 1. The summed E-state index contributed by atoms with van der Waals surface area (Å²) in [7, 11) is 0. The zero-order valence-electron chi connectivity index (χ0n) is 11.0. The maximum Gasteiger partial charge on any atom is 0.341 e. The average Bonchev–Trinajstić information content (AvgIpc) is 2.36. The SMILES string of the molecule is CCOC(=O)c1cnc(SCC(C)C(=O)O)nc1C. The molecule has 0 bridgehead atoms. The summed E-state index contributed by atoms with van der Waals surface area (Å²) in [6, 6.07) is 0. The van der Waals surface area contributed by atoms with E-state index in [0.29, 0.717) is 28.8 Å². The summed E-state index contributed by atoms with van der Waals surface area (Å²) in [5.41, 5.74) is 0.858. The van der Waals surface area contributed by atoms with Gasteiger partial charge in [0.2, 0.25) is 0 Å². The first-order valence-electron chi connectivity index (χ1n) is 5.82. The molecule has 0 saturated heterocycles. The third kappa shape index (κ3) is 4.51. The Bertz CT molecular complexity index is 479. The van der Waals surface area contributed by atoms with Crippen LogP contribution in [0.15, 0.2) is 11.4 Å². The Labute approximate surface area is 115 Å². The topological polar surface area (TPSA) is 89.4 Å². The highest BCUT2D eigenvalue weighted by atomic mass is 32.2. The molecule has 1 rings (SSSR count). The van der Waals surface area contributed by atoms with Gasteiger partial charge in [0, 0.05) is 11.9 Å². The number of esters is 1. The van der Waals surface area contributed by atoms with Gasteiger partial charge in [-0.1, -0.05) is 18.7 Å². The molecule has 0 saturated carbocycles. The monoisotopic (exact) mass is 284 g/mol. The number of aliphatic carboxylic acids is 1. The van der Waals surface area contributed by atoms with Crippen LogP contribution in [0.4, 0.5) is 0 Å². The molecule has 1 aromatic rings. The second kappa shape index (κ2) is 7.08. The lowest BCUT2D eigenvalue weighted by molar-refractivity contribution is -0.140. The van der Waals surface area contributed by atoms with Gasteiger partial charge in [-0.05, 0) is 13.8 Å². The molecule has 104 valence electrons. The van der Waals surface area contributed by atoms with E-state index >= 15 is 0 Å². The van der Waals surface area contributed by atoms with Crippen LogP contribution in [0.5, 0.6) is 0 Å². The van der Waals surface area contributed by atoms with Crippen LogP contribution in [0.3, 0.4) is 0 Å². The number of carboxylic acid groups (broad SMARTS) is 1. The van der Waals surface area contributed by atoms with Crippen LogP contribution in [0.25, 0.3) is 0 Å². The predicted octanol–water partition coefficient (Wildman–Crippen LogP) is 1.77. The number of hydrogen-bond donors (Lipinski definition) is 1.